The van der Waals surface area contributed by atoms with Crippen molar-refractivity contribution in [2.24, 2.45) is 0 Å². The highest BCUT2D eigenvalue weighted by atomic mass is 35.5. The smallest absolute Gasteiger partial charge is 0.254 e. The molecule has 1 heterocycles. The van der Waals surface area contributed by atoms with Crippen molar-refractivity contribution in [1.29, 1.82) is 0 Å². The molecule has 1 saturated heterocycles. The van der Waals surface area contributed by atoms with Crippen LogP contribution in [0.5, 0.6) is 0 Å². The number of carbonyl (C=O) groups excluding carboxylic acids is 1. The molecular formula is C20H22ClNO3S2. The number of hydrogen-bond acceptors (Lipinski definition) is 4. The van der Waals surface area contributed by atoms with Gasteiger partial charge in [0.05, 0.1) is 11.5 Å². The summed E-state index contributed by atoms with van der Waals surface area (Å²) in [6, 6.07) is 15.1. The summed E-state index contributed by atoms with van der Waals surface area (Å²) in [5.41, 5.74) is 1.72. The quantitative estimate of drug-likeness (QED) is 0.650. The van der Waals surface area contributed by atoms with Crippen molar-refractivity contribution in [3.05, 3.63) is 64.7 Å². The second-order valence-electron chi connectivity index (χ2n) is 6.59. The molecule has 0 radical (unpaired) electrons. The first-order valence-corrected chi connectivity index (χ1v) is 12.0. The van der Waals surface area contributed by atoms with E-state index in [-0.39, 0.29) is 23.5 Å². The zero-order chi connectivity index (χ0) is 19.4. The van der Waals surface area contributed by atoms with Gasteiger partial charge in [-0.3, -0.25) is 4.79 Å². The third-order valence-corrected chi connectivity index (χ3v) is 7.76. The molecule has 1 aliphatic heterocycles. The van der Waals surface area contributed by atoms with Crippen LogP contribution in [0.1, 0.15) is 29.3 Å². The number of hydrogen-bond donors (Lipinski definition) is 0. The van der Waals surface area contributed by atoms with Crippen molar-refractivity contribution in [3.63, 3.8) is 0 Å². The highest BCUT2D eigenvalue weighted by molar-refractivity contribution is 7.98. The van der Waals surface area contributed by atoms with Crippen LogP contribution in [-0.2, 0) is 15.6 Å². The maximum Gasteiger partial charge on any atom is 0.254 e. The molecule has 144 valence electrons. The molecule has 2 aromatic carbocycles. The summed E-state index contributed by atoms with van der Waals surface area (Å²) in [6.07, 6.45) is 0.526. The first-order chi connectivity index (χ1) is 12.9. The van der Waals surface area contributed by atoms with E-state index in [9.17, 15) is 13.2 Å². The molecule has 2 aromatic rings. The molecule has 4 nitrogen and oxygen atoms in total. The van der Waals surface area contributed by atoms with Crippen molar-refractivity contribution in [1.82, 2.24) is 4.90 Å². The highest BCUT2D eigenvalue weighted by Gasteiger charge is 2.34. The van der Waals surface area contributed by atoms with E-state index >= 15 is 0 Å². The van der Waals surface area contributed by atoms with Gasteiger partial charge in [-0.05, 0) is 55.3 Å². The molecule has 0 saturated carbocycles. The maximum atomic E-state index is 12.8. The van der Waals surface area contributed by atoms with Crippen LogP contribution in [0.15, 0.2) is 53.4 Å². The van der Waals surface area contributed by atoms with E-state index in [4.69, 9.17) is 11.6 Å². The van der Waals surface area contributed by atoms with Gasteiger partial charge in [0.2, 0.25) is 0 Å². The minimum absolute atomic E-state index is 0.0718. The van der Waals surface area contributed by atoms with Crippen molar-refractivity contribution in [2.75, 3.05) is 18.1 Å². The molecule has 0 N–H and O–H groups in total. The minimum Gasteiger partial charge on any atom is -0.335 e. The summed E-state index contributed by atoms with van der Waals surface area (Å²) < 4.78 is 23.5. The summed E-state index contributed by atoms with van der Waals surface area (Å²) in [5, 5.41) is 0.720. The molecule has 7 heteroatoms. The summed E-state index contributed by atoms with van der Waals surface area (Å²) in [6.45, 7) is 2.40. The first-order valence-electron chi connectivity index (χ1n) is 8.86. The zero-order valence-corrected chi connectivity index (χ0v) is 17.5. The third-order valence-electron chi connectivity index (χ3n) is 4.67. The first kappa shape index (κ1) is 20.2. The fraction of sp³-hybridized carbons (Fsp3) is 0.350. The van der Waals surface area contributed by atoms with E-state index in [2.05, 4.69) is 0 Å². The van der Waals surface area contributed by atoms with Crippen LogP contribution in [0.4, 0.5) is 0 Å². The number of benzene rings is 2. The van der Waals surface area contributed by atoms with E-state index in [1.54, 1.807) is 16.7 Å². The van der Waals surface area contributed by atoms with Crippen molar-refractivity contribution >= 4 is 39.1 Å². The van der Waals surface area contributed by atoms with E-state index in [0.29, 0.717) is 18.5 Å². The van der Waals surface area contributed by atoms with Crippen molar-refractivity contribution in [3.8, 4) is 0 Å². The Morgan fingerprint density at radius 2 is 1.81 bits per heavy atom. The van der Waals surface area contributed by atoms with Gasteiger partial charge < -0.3 is 4.90 Å². The predicted molar refractivity (Wildman–Crippen MR) is 111 cm³/mol. The molecule has 1 amide bonds. The van der Waals surface area contributed by atoms with Gasteiger partial charge in [0, 0.05) is 33.8 Å². The molecular weight excluding hydrogens is 402 g/mol. The van der Waals surface area contributed by atoms with Crippen LogP contribution in [0.2, 0.25) is 5.02 Å². The Kier molecular flexibility index (Phi) is 6.50. The number of carbonyl (C=O) groups is 1. The lowest BCUT2D eigenvalue weighted by molar-refractivity contribution is 0.0708. The minimum atomic E-state index is -3.01. The molecule has 1 fully saturated rings. The van der Waals surface area contributed by atoms with Gasteiger partial charge in [-0.15, -0.1) is 11.8 Å². The summed E-state index contributed by atoms with van der Waals surface area (Å²) in [4.78, 5) is 15.6. The lowest BCUT2D eigenvalue weighted by Crippen LogP contribution is -2.40. The van der Waals surface area contributed by atoms with Crippen LogP contribution >= 0.6 is 23.4 Å². The molecule has 0 aromatic heterocycles. The Bertz CT molecular complexity index is 896. The Morgan fingerprint density at radius 1 is 1.15 bits per heavy atom. The van der Waals surface area contributed by atoms with Gasteiger partial charge in [-0.2, -0.15) is 0 Å². The van der Waals surface area contributed by atoms with Gasteiger partial charge in [0.25, 0.3) is 5.91 Å². The van der Waals surface area contributed by atoms with Crippen molar-refractivity contribution < 1.29 is 13.2 Å². The standard InChI is InChI=1S/C20H22ClNO3S2/c1-2-22(18-11-12-27(24,25)14-18)20(23)16-5-3-15(4-6-16)13-26-19-9-7-17(21)8-10-19/h3-10,18H,2,11-14H2,1H3. The largest absolute Gasteiger partial charge is 0.335 e. The molecule has 3 rings (SSSR count). The average molecular weight is 424 g/mol. The molecule has 1 atom stereocenters. The van der Waals surface area contributed by atoms with E-state index in [0.717, 1.165) is 21.2 Å². The number of sulfone groups is 1. The fourth-order valence-electron chi connectivity index (χ4n) is 3.20. The van der Waals surface area contributed by atoms with Crippen LogP contribution in [0.25, 0.3) is 0 Å². The highest BCUT2D eigenvalue weighted by Crippen LogP contribution is 2.25. The van der Waals surface area contributed by atoms with Crippen LogP contribution in [0, 0.1) is 0 Å². The second-order valence-corrected chi connectivity index (χ2v) is 10.3. The van der Waals surface area contributed by atoms with Crippen LogP contribution in [-0.4, -0.2) is 43.3 Å². The maximum absolute atomic E-state index is 12.8. The summed E-state index contributed by atoms with van der Waals surface area (Å²) >= 11 is 7.60. The van der Waals surface area contributed by atoms with Crippen molar-refractivity contribution in [2.45, 2.75) is 30.0 Å². The van der Waals surface area contributed by atoms with Crippen LogP contribution in [0.3, 0.4) is 0 Å². The lowest BCUT2D eigenvalue weighted by Gasteiger charge is -2.27. The molecule has 1 aliphatic rings. The molecule has 0 aliphatic carbocycles. The number of amides is 1. The Labute approximate surface area is 169 Å². The molecule has 0 bridgehead atoms. The van der Waals surface area contributed by atoms with Crippen LogP contribution < -0.4 is 0 Å². The zero-order valence-electron chi connectivity index (χ0n) is 15.1. The molecule has 27 heavy (non-hydrogen) atoms. The lowest BCUT2D eigenvalue weighted by atomic mass is 10.1. The normalized spacial score (nSPS) is 18.4. The van der Waals surface area contributed by atoms with Gasteiger partial charge in [0.1, 0.15) is 0 Å². The van der Waals surface area contributed by atoms with E-state index in [1.807, 2.05) is 55.5 Å². The third kappa shape index (κ3) is 5.27. The topological polar surface area (TPSA) is 54.5 Å². The van der Waals surface area contributed by atoms with Gasteiger partial charge in [-0.1, -0.05) is 23.7 Å². The fourth-order valence-corrected chi connectivity index (χ4v) is 5.91. The summed E-state index contributed by atoms with van der Waals surface area (Å²) in [7, 11) is -3.01. The number of thioether (sulfide) groups is 1. The van der Waals surface area contributed by atoms with E-state index < -0.39 is 9.84 Å². The summed E-state index contributed by atoms with van der Waals surface area (Å²) in [5.74, 6) is 0.940. The molecule has 1 unspecified atom stereocenters. The number of rotatable bonds is 6. The number of halogens is 1. The van der Waals surface area contributed by atoms with Gasteiger partial charge >= 0.3 is 0 Å². The van der Waals surface area contributed by atoms with Gasteiger partial charge in [0.15, 0.2) is 9.84 Å². The Hall–Kier alpha value is -1.50. The van der Waals surface area contributed by atoms with Gasteiger partial charge in [-0.25, -0.2) is 8.42 Å². The monoisotopic (exact) mass is 423 g/mol. The van der Waals surface area contributed by atoms with E-state index in [1.165, 1.54) is 0 Å². The predicted octanol–water partition coefficient (Wildman–Crippen LogP) is 4.28. The second kappa shape index (κ2) is 8.67. The SMILES string of the molecule is CCN(C(=O)c1ccc(CSc2ccc(Cl)cc2)cc1)C1CCS(=O)(=O)C1. The average Bonchev–Trinajstić information content (AvgIpc) is 3.02. The molecule has 0 spiro atoms. The Morgan fingerprint density at radius 3 is 2.37 bits per heavy atom. The Balaban J connectivity index is 1.63. The number of nitrogens with zero attached hydrogens (tertiary/aromatic N) is 1.